The maximum Gasteiger partial charge on any atom is 0.0431 e. The highest BCUT2D eigenvalue weighted by Gasteiger charge is 2.08. The van der Waals surface area contributed by atoms with Crippen LogP contribution in [0.5, 0.6) is 0 Å². The van der Waals surface area contributed by atoms with E-state index in [0.29, 0.717) is 12.5 Å². The zero-order chi connectivity index (χ0) is 15.7. The molecule has 0 bridgehead atoms. The van der Waals surface area contributed by atoms with Crippen LogP contribution in [0.3, 0.4) is 0 Å². The summed E-state index contributed by atoms with van der Waals surface area (Å²) in [6.45, 7) is 7.71. The average Bonchev–Trinajstić information content (AvgIpc) is 2.44. The molecule has 0 aliphatic heterocycles. The molecular formula is C17H29BrN2O. The van der Waals surface area contributed by atoms with Crippen molar-refractivity contribution >= 4 is 21.6 Å². The first-order chi connectivity index (χ1) is 10.0. The summed E-state index contributed by atoms with van der Waals surface area (Å²) in [5.41, 5.74) is 2.62. The van der Waals surface area contributed by atoms with E-state index in [2.05, 4.69) is 65.2 Å². The number of unbranched alkanes of at least 4 members (excludes halogenated alkanes) is 2. The lowest BCUT2D eigenvalue weighted by Crippen LogP contribution is -2.23. The smallest absolute Gasteiger partial charge is 0.0431 e. The van der Waals surface area contributed by atoms with Crippen molar-refractivity contribution in [1.29, 1.82) is 0 Å². The maximum absolute atomic E-state index is 8.84. The Morgan fingerprint density at radius 1 is 1.24 bits per heavy atom. The SMILES string of the molecule is CC(C)CNCc1ccc(Br)cc1N(C)CCCCCO. The summed E-state index contributed by atoms with van der Waals surface area (Å²) in [7, 11) is 2.15. The van der Waals surface area contributed by atoms with Crippen molar-refractivity contribution in [2.45, 2.75) is 39.7 Å². The maximum atomic E-state index is 8.84. The highest BCUT2D eigenvalue weighted by molar-refractivity contribution is 9.10. The average molecular weight is 357 g/mol. The van der Waals surface area contributed by atoms with Gasteiger partial charge >= 0.3 is 0 Å². The molecule has 0 radical (unpaired) electrons. The Balaban J connectivity index is 2.62. The van der Waals surface area contributed by atoms with Crippen LogP contribution >= 0.6 is 15.9 Å². The fraction of sp³-hybridized carbons (Fsp3) is 0.647. The number of aliphatic hydroxyl groups excluding tert-OH is 1. The molecule has 0 saturated heterocycles. The quantitative estimate of drug-likeness (QED) is 0.626. The Bertz CT molecular complexity index is 410. The number of benzene rings is 1. The summed E-state index contributed by atoms with van der Waals surface area (Å²) in [6.07, 6.45) is 3.09. The molecule has 0 aliphatic rings. The molecule has 1 rings (SSSR count). The van der Waals surface area contributed by atoms with Crippen LogP contribution in [0.1, 0.15) is 38.7 Å². The molecule has 21 heavy (non-hydrogen) atoms. The number of anilines is 1. The lowest BCUT2D eigenvalue weighted by atomic mass is 10.1. The van der Waals surface area contributed by atoms with Gasteiger partial charge in [0.05, 0.1) is 0 Å². The van der Waals surface area contributed by atoms with E-state index in [9.17, 15) is 0 Å². The van der Waals surface area contributed by atoms with Crippen LogP contribution < -0.4 is 10.2 Å². The van der Waals surface area contributed by atoms with Crippen molar-refractivity contribution in [3.8, 4) is 0 Å². The van der Waals surface area contributed by atoms with Gasteiger partial charge in [0.2, 0.25) is 0 Å². The minimum atomic E-state index is 0.297. The van der Waals surface area contributed by atoms with E-state index in [1.807, 2.05) is 0 Å². The topological polar surface area (TPSA) is 35.5 Å². The Labute approximate surface area is 137 Å². The van der Waals surface area contributed by atoms with Crippen molar-refractivity contribution in [2.75, 3.05) is 31.6 Å². The molecule has 0 saturated carbocycles. The van der Waals surface area contributed by atoms with Gasteiger partial charge < -0.3 is 15.3 Å². The van der Waals surface area contributed by atoms with E-state index in [0.717, 1.165) is 43.4 Å². The van der Waals surface area contributed by atoms with Crippen molar-refractivity contribution in [1.82, 2.24) is 5.32 Å². The van der Waals surface area contributed by atoms with Gasteiger partial charge in [-0.1, -0.05) is 35.8 Å². The monoisotopic (exact) mass is 356 g/mol. The number of nitrogens with one attached hydrogen (secondary N) is 1. The lowest BCUT2D eigenvalue weighted by Gasteiger charge is -2.23. The second kappa shape index (κ2) is 10.2. The summed E-state index contributed by atoms with van der Waals surface area (Å²) in [4.78, 5) is 2.31. The number of hydrogen-bond donors (Lipinski definition) is 2. The summed E-state index contributed by atoms with van der Waals surface area (Å²) < 4.78 is 1.12. The second-order valence-electron chi connectivity index (χ2n) is 6.00. The summed E-state index contributed by atoms with van der Waals surface area (Å²) >= 11 is 3.57. The molecule has 4 heteroatoms. The predicted octanol–water partition coefficient (Wildman–Crippen LogP) is 3.79. The van der Waals surface area contributed by atoms with E-state index in [4.69, 9.17) is 5.11 Å². The summed E-state index contributed by atoms with van der Waals surface area (Å²) in [5.74, 6) is 0.667. The molecule has 0 unspecified atom stereocenters. The lowest BCUT2D eigenvalue weighted by molar-refractivity contribution is 0.283. The Morgan fingerprint density at radius 3 is 2.67 bits per heavy atom. The first-order valence-corrected chi connectivity index (χ1v) is 8.65. The van der Waals surface area contributed by atoms with Gasteiger partial charge in [-0.3, -0.25) is 0 Å². The van der Waals surface area contributed by atoms with Crippen LogP contribution in [0.2, 0.25) is 0 Å². The molecule has 0 fully saturated rings. The van der Waals surface area contributed by atoms with Gasteiger partial charge in [0, 0.05) is 36.9 Å². The predicted molar refractivity (Wildman–Crippen MR) is 94.9 cm³/mol. The van der Waals surface area contributed by atoms with Gasteiger partial charge in [-0.25, -0.2) is 0 Å². The van der Waals surface area contributed by atoms with Gasteiger partial charge in [0.15, 0.2) is 0 Å². The minimum Gasteiger partial charge on any atom is -0.396 e. The standard InChI is InChI=1S/C17H29BrN2O/c1-14(2)12-19-13-15-7-8-16(18)11-17(15)20(3)9-5-4-6-10-21/h7-8,11,14,19,21H,4-6,9-10,12-13H2,1-3H3. The number of halogens is 1. The van der Waals surface area contributed by atoms with Gasteiger partial charge in [-0.15, -0.1) is 0 Å². The Kier molecular flexibility index (Phi) is 8.97. The third-order valence-corrected chi connectivity index (χ3v) is 3.97. The molecule has 0 spiro atoms. The number of aliphatic hydroxyl groups is 1. The molecule has 1 aromatic rings. The molecule has 120 valence electrons. The molecule has 3 nitrogen and oxygen atoms in total. The third-order valence-electron chi connectivity index (χ3n) is 3.48. The van der Waals surface area contributed by atoms with E-state index in [-0.39, 0.29) is 0 Å². The number of hydrogen-bond acceptors (Lipinski definition) is 3. The largest absolute Gasteiger partial charge is 0.396 e. The second-order valence-corrected chi connectivity index (χ2v) is 6.92. The molecule has 0 aliphatic carbocycles. The van der Waals surface area contributed by atoms with Crippen molar-refractivity contribution in [3.05, 3.63) is 28.2 Å². The zero-order valence-corrected chi connectivity index (χ0v) is 15.1. The molecule has 0 amide bonds. The van der Waals surface area contributed by atoms with Crippen LogP contribution in [0.25, 0.3) is 0 Å². The fourth-order valence-electron chi connectivity index (χ4n) is 2.30. The summed E-state index contributed by atoms with van der Waals surface area (Å²) in [5, 5.41) is 12.4. The summed E-state index contributed by atoms with van der Waals surface area (Å²) in [6, 6.07) is 6.49. The van der Waals surface area contributed by atoms with Crippen LogP contribution in [0, 0.1) is 5.92 Å². The number of nitrogens with zero attached hydrogens (tertiary/aromatic N) is 1. The van der Waals surface area contributed by atoms with Gasteiger partial charge in [0.1, 0.15) is 0 Å². The Morgan fingerprint density at radius 2 is 2.00 bits per heavy atom. The van der Waals surface area contributed by atoms with E-state index >= 15 is 0 Å². The van der Waals surface area contributed by atoms with Gasteiger partial charge in [0.25, 0.3) is 0 Å². The van der Waals surface area contributed by atoms with Crippen LogP contribution in [0.4, 0.5) is 5.69 Å². The Hall–Kier alpha value is -0.580. The van der Waals surface area contributed by atoms with Crippen molar-refractivity contribution in [3.63, 3.8) is 0 Å². The zero-order valence-electron chi connectivity index (χ0n) is 13.5. The highest BCUT2D eigenvalue weighted by Crippen LogP contribution is 2.25. The van der Waals surface area contributed by atoms with Crippen LogP contribution in [-0.4, -0.2) is 31.9 Å². The molecule has 1 aromatic carbocycles. The van der Waals surface area contributed by atoms with Crippen LogP contribution in [-0.2, 0) is 6.54 Å². The van der Waals surface area contributed by atoms with E-state index < -0.39 is 0 Å². The molecule has 0 atom stereocenters. The van der Waals surface area contributed by atoms with E-state index in [1.54, 1.807) is 0 Å². The van der Waals surface area contributed by atoms with E-state index in [1.165, 1.54) is 11.3 Å². The minimum absolute atomic E-state index is 0.297. The highest BCUT2D eigenvalue weighted by atomic mass is 79.9. The van der Waals surface area contributed by atoms with Gasteiger partial charge in [-0.05, 0) is 49.4 Å². The number of rotatable bonds is 10. The van der Waals surface area contributed by atoms with Crippen LogP contribution in [0.15, 0.2) is 22.7 Å². The first kappa shape index (κ1) is 18.5. The fourth-order valence-corrected chi connectivity index (χ4v) is 2.64. The normalized spacial score (nSPS) is 11.1. The molecular weight excluding hydrogens is 328 g/mol. The van der Waals surface area contributed by atoms with Crippen molar-refractivity contribution in [2.24, 2.45) is 5.92 Å². The molecule has 2 N–H and O–H groups in total. The first-order valence-electron chi connectivity index (χ1n) is 7.85. The molecule has 0 aromatic heterocycles. The van der Waals surface area contributed by atoms with Crippen molar-refractivity contribution < 1.29 is 5.11 Å². The molecule has 0 heterocycles. The van der Waals surface area contributed by atoms with Gasteiger partial charge in [-0.2, -0.15) is 0 Å². The third kappa shape index (κ3) is 7.30.